The Hall–Kier alpha value is -3.94. The number of carbonyl (C=O) groups excluding carboxylic acids is 2. The third-order valence-electron chi connectivity index (χ3n) is 4.03. The number of para-hydroxylation sites is 2. The van der Waals surface area contributed by atoms with Crippen LogP contribution in [0.4, 0.5) is 11.4 Å². The molecule has 0 atom stereocenters. The second-order valence-electron chi connectivity index (χ2n) is 5.76. The fourth-order valence-corrected chi connectivity index (χ4v) is 2.76. The van der Waals surface area contributed by atoms with Crippen LogP contribution in [0.3, 0.4) is 0 Å². The minimum Gasteiger partial charge on any atom is -0.496 e. The number of amides is 1. The molecule has 0 saturated heterocycles. The first-order chi connectivity index (χ1) is 13.5. The lowest BCUT2D eigenvalue weighted by Gasteiger charge is -2.10. The molecule has 3 aromatic carbocycles. The molecule has 3 aromatic rings. The molecule has 3 rings (SSSR count). The van der Waals surface area contributed by atoms with Gasteiger partial charge in [0.15, 0.2) is 6.61 Å². The number of nitrogens with one attached hydrogen (secondary N) is 1. The van der Waals surface area contributed by atoms with E-state index in [0.717, 1.165) is 5.39 Å². The Balaban J connectivity index is 1.72. The molecule has 0 heterocycles. The van der Waals surface area contributed by atoms with E-state index in [4.69, 9.17) is 9.47 Å². The lowest BCUT2D eigenvalue weighted by atomic mass is 10.0. The Morgan fingerprint density at radius 2 is 1.68 bits per heavy atom. The molecule has 0 aliphatic carbocycles. The number of nitro groups is 1. The molecule has 0 unspecified atom stereocenters. The number of methoxy groups -OCH3 is 1. The standard InChI is InChI=1S/C20H16N2O6/c1-27-18-11-10-15(13-6-2-3-7-14(13)18)20(24)28-12-19(23)21-16-8-4-5-9-17(16)22(25)26/h2-11H,12H2,1H3,(H,21,23). The molecule has 0 spiro atoms. The van der Waals surface area contributed by atoms with E-state index in [-0.39, 0.29) is 16.9 Å². The smallest absolute Gasteiger partial charge is 0.339 e. The fraction of sp³-hybridized carbons (Fsp3) is 0.100. The number of carbonyl (C=O) groups is 2. The first-order valence-electron chi connectivity index (χ1n) is 8.27. The van der Waals surface area contributed by atoms with Crippen molar-refractivity contribution in [2.24, 2.45) is 0 Å². The second-order valence-corrected chi connectivity index (χ2v) is 5.76. The van der Waals surface area contributed by atoms with E-state index in [9.17, 15) is 19.7 Å². The van der Waals surface area contributed by atoms with E-state index in [1.54, 1.807) is 30.3 Å². The number of benzene rings is 3. The first-order valence-corrected chi connectivity index (χ1v) is 8.27. The number of ether oxygens (including phenoxy) is 2. The number of hydrogen-bond donors (Lipinski definition) is 1. The highest BCUT2D eigenvalue weighted by molar-refractivity contribution is 6.07. The van der Waals surface area contributed by atoms with Gasteiger partial charge in [-0.1, -0.05) is 36.4 Å². The van der Waals surface area contributed by atoms with Crippen molar-refractivity contribution in [1.82, 2.24) is 0 Å². The summed E-state index contributed by atoms with van der Waals surface area (Å²) in [6.45, 7) is -0.578. The average molecular weight is 380 g/mol. The Morgan fingerprint density at radius 1 is 1.00 bits per heavy atom. The van der Waals surface area contributed by atoms with Crippen LogP contribution >= 0.6 is 0 Å². The topological polar surface area (TPSA) is 108 Å². The van der Waals surface area contributed by atoms with E-state index in [2.05, 4.69) is 5.32 Å². The molecule has 1 N–H and O–H groups in total. The van der Waals surface area contributed by atoms with Crippen LogP contribution in [0.2, 0.25) is 0 Å². The summed E-state index contributed by atoms with van der Waals surface area (Å²) < 4.78 is 10.4. The molecule has 28 heavy (non-hydrogen) atoms. The lowest BCUT2D eigenvalue weighted by Crippen LogP contribution is -2.21. The van der Waals surface area contributed by atoms with Crippen molar-refractivity contribution in [1.29, 1.82) is 0 Å². The third-order valence-corrected chi connectivity index (χ3v) is 4.03. The molecule has 1 amide bonds. The highest BCUT2D eigenvalue weighted by Crippen LogP contribution is 2.28. The summed E-state index contributed by atoms with van der Waals surface area (Å²) in [5.74, 6) is -0.752. The highest BCUT2D eigenvalue weighted by Gasteiger charge is 2.18. The van der Waals surface area contributed by atoms with Crippen LogP contribution in [0.5, 0.6) is 5.75 Å². The van der Waals surface area contributed by atoms with Crippen molar-refractivity contribution < 1.29 is 24.0 Å². The van der Waals surface area contributed by atoms with Crippen molar-refractivity contribution in [3.63, 3.8) is 0 Å². The largest absolute Gasteiger partial charge is 0.496 e. The molecule has 0 saturated carbocycles. The Labute approximate surface area is 159 Å². The summed E-state index contributed by atoms with van der Waals surface area (Å²) >= 11 is 0. The van der Waals surface area contributed by atoms with Crippen molar-refractivity contribution >= 4 is 34.0 Å². The summed E-state index contributed by atoms with van der Waals surface area (Å²) in [6, 6.07) is 16.1. The summed E-state index contributed by atoms with van der Waals surface area (Å²) in [5, 5.41) is 14.7. The van der Waals surface area contributed by atoms with Crippen molar-refractivity contribution in [2.45, 2.75) is 0 Å². The zero-order valence-electron chi connectivity index (χ0n) is 14.9. The Bertz CT molecular complexity index is 1060. The van der Waals surface area contributed by atoms with Gasteiger partial charge in [0.25, 0.3) is 11.6 Å². The van der Waals surface area contributed by atoms with E-state index in [0.29, 0.717) is 11.1 Å². The molecule has 8 nitrogen and oxygen atoms in total. The maximum atomic E-state index is 12.4. The SMILES string of the molecule is COc1ccc(C(=O)OCC(=O)Nc2ccccc2[N+](=O)[O-])c2ccccc12. The van der Waals surface area contributed by atoms with Crippen molar-refractivity contribution in [3.05, 3.63) is 76.3 Å². The zero-order valence-corrected chi connectivity index (χ0v) is 14.9. The van der Waals surface area contributed by atoms with Crippen molar-refractivity contribution in [2.75, 3.05) is 19.0 Å². The van der Waals surface area contributed by atoms with Gasteiger partial charge < -0.3 is 14.8 Å². The van der Waals surface area contributed by atoms with E-state index in [1.807, 2.05) is 12.1 Å². The van der Waals surface area contributed by atoms with E-state index in [1.165, 1.54) is 25.3 Å². The van der Waals surface area contributed by atoms with Gasteiger partial charge in [-0.3, -0.25) is 14.9 Å². The quantitative estimate of drug-likeness (QED) is 0.398. The normalized spacial score (nSPS) is 10.3. The average Bonchev–Trinajstić information content (AvgIpc) is 2.71. The van der Waals surface area contributed by atoms with Gasteiger partial charge in [-0.15, -0.1) is 0 Å². The Morgan fingerprint density at radius 3 is 2.39 bits per heavy atom. The minimum atomic E-state index is -0.684. The summed E-state index contributed by atoms with van der Waals surface area (Å²) in [4.78, 5) is 34.9. The number of rotatable bonds is 6. The molecule has 0 aliphatic rings. The van der Waals surface area contributed by atoms with Gasteiger partial charge in [0, 0.05) is 11.5 Å². The third kappa shape index (κ3) is 3.90. The number of fused-ring (bicyclic) bond motifs is 1. The number of hydrogen-bond acceptors (Lipinski definition) is 6. The second kappa shape index (κ2) is 8.17. The van der Waals surface area contributed by atoms with Crippen LogP contribution < -0.4 is 10.1 Å². The summed E-state index contributed by atoms with van der Waals surface area (Å²) in [7, 11) is 1.53. The van der Waals surface area contributed by atoms with E-state index < -0.39 is 23.4 Å². The first kappa shape index (κ1) is 18.8. The number of anilines is 1. The highest BCUT2D eigenvalue weighted by atomic mass is 16.6. The van der Waals surface area contributed by atoms with Gasteiger partial charge in [-0.05, 0) is 23.6 Å². The molecular formula is C20H16N2O6. The van der Waals surface area contributed by atoms with E-state index >= 15 is 0 Å². The minimum absolute atomic E-state index is 0.0310. The number of nitro benzene ring substituents is 1. The molecule has 0 aromatic heterocycles. The van der Waals surface area contributed by atoms with Crippen LogP contribution in [0.1, 0.15) is 10.4 Å². The predicted octanol–water partition coefficient (Wildman–Crippen LogP) is 3.55. The van der Waals surface area contributed by atoms with Gasteiger partial charge in [-0.25, -0.2) is 4.79 Å². The maximum absolute atomic E-state index is 12.4. The lowest BCUT2D eigenvalue weighted by molar-refractivity contribution is -0.383. The van der Waals surface area contributed by atoms with Gasteiger partial charge in [0.1, 0.15) is 11.4 Å². The van der Waals surface area contributed by atoms with Crippen molar-refractivity contribution in [3.8, 4) is 5.75 Å². The molecule has 0 bridgehead atoms. The number of nitrogens with zero attached hydrogens (tertiary/aromatic N) is 1. The monoisotopic (exact) mass is 380 g/mol. The van der Waals surface area contributed by atoms with Crippen LogP contribution in [-0.2, 0) is 9.53 Å². The van der Waals surface area contributed by atoms with Gasteiger partial charge in [0.2, 0.25) is 0 Å². The van der Waals surface area contributed by atoms with Crippen LogP contribution in [-0.4, -0.2) is 30.5 Å². The summed E-state index contributed by atoms with van der Waals surface area (Å²) in [5.41, 5.74) is 0.0710. The molecule has 8 heteroatoms. The summed E-state index contributed by atoms with van der Waals surface area (Å²) in [6.07, 6.45) is 0. The van der Waals surface area contributed by atoms with Gasteiger partial charge >= 0.3 is 5.97 Å². The maximum Gasteiger partial charge on any atom is 0.339 e. The fourth-order valence-electron chi connectivity index (χ4n) is 2.76. The van der Waals surface area contributed by atoms with Crippen LogP contribution in [0, 0.1) is 10.1 Å². The van der Waals surface area contributed by atoms with Gasteiger partial charge in [0.05, 0.1) is 17.6 Å². The zero-order chi connectivity index (χ0) is 20.1. The molecule has 0 aliphatic heterocycles. The molecule has 142 valence electrons. The van der Waals surface area contributed by atoms with Gasteiger partial charge in [-0.2, -0.15) is 0 Å². The number of esters is 1. The van der Waals surface area contributed by atoms with Crippen LogP contribution in [0.15, 0.2) is 60.7 Å². The van der Waals surface area contributed by atoms with Crippen LogP contribution in [0.25, 0.3) is 10.8 Å². The molecule has 0 fully saturated rings. The Kier molecular flexibility index (Phi) is 5.50. The predicted molar refractivity (Wildman–Crippen MR) is 103 cm³/mol. The molecule has 0 radical (unpaired) electrons. The molecular weight excluding hydrogens is 364 g/mol.